The zero-order valence-electron chi connectivity index (χ0n) is 21.3. The zero-order valence-corrected chi connectivity index (χ0v) is 21.3. The largest absolute Gasteiger partial charge is 0.491 e. The molecule has 5 rings (SSSR count). The summed E-state index contributed by atoms with van der Waals surface area (Å²) in [4.78, 5) is 8.90. The Morgan fingerprint density at radius 2 is 2.05 bits per heavy atom. The second-order valence-electron chi connectivity index (χ2n) is 9.12. The van der Waals surface area contributed by atoms with E-state index >= 15 is 0 Å². The topological polar surface area (TPSA) is 122 Å². The van der Waals surface area contributed by atoms with E-state index < -0.39 is 12.1 Å². The molecule has 2 aromatic carbocycles. The molecule has 1 aromatic heterocycles. The number of benzene rings is 2. The molecule has 3 heterocycles. The number of nitrogens with one attached hydrogen (secondary N) is 2. The molecule has 4 N–H and O–H groups in total. The normalized spacial score (nSPS) is 16.5. The Morgan fingerprint density at radius 1 is 1.26 bits per heavy atom. The second-order valence-corrected chi connectivity index (χ2v) is 9.12. The van der Waals surface area contributed by atoms with Crippen LogP contribution in [0.5, 0.6) is 5.75 Å². The Balaban J connectivity index is 0.000000448. The van der Waals surface area contributed by atoms with Gasteiger partial charge in [0.15, 0.2) is 0 Å². The number of ether oxygens (including phenoxy) is 1. The first kappa shape index (κ1) is 28.1. The molecule has 0 saturated heterocycles. The first-order chi connectivity index (χ1) is 18.7. The van der Waals surface area contributed by atoms with Gasteiger partial charge in [0.2, 0.25) is 0 Å². The lowest BCUT2D eigenvalue weighted by Crippen LogP contribution is -2.21. The number of carbonyl (C=O) groups is 1. The molecule has 12 heteroatoms. The maximum absolute atomic E-state index is 10.6. The number of aliphatic hydroxyl groups is 1. The SMILES string of the molecule is Cc1nnn2c1-c1ccc(C3=CCNCC3)cc1C(Nc1cccc(OCCO)c1)CC2.O=C(O)C(F)(F)F. The average Bonchev–Trinajstić information content (AvgIpc) is 3.22. The number of rotatable bonds is 6. The van der Waals surface area contributed by atoms with Crippen LogP contribution in [-0.2, 0) is 11.3 Å². The van der Waals surface area contributed by atoms with Gasteiger partial charge in [-0.1, -0.05) is 29.5 Å². The summed E-state index contributed by atoms with van der Waals surface area (Å²) in [5, 5.41) is 32.0. The molecule has 3 aromatic rings. The lowest BCUT2D eigenvalue weighted by molar-refractivity contribution is -0.192. The van der Waals surface area contributed by atoms with Crippen molar-refractivity contribution in [3.05, 3.63) is 65.4 Å². The quantitative estimate of drug-likeness (QED) is 0.364. The molecule has 208 valence electrons. The zero-order chi connectivity index (χ0) is 28.0. The lowest BCUT2D eigenvalue weighted by atomic mass is 9.90. The van der Waals surface area contributed by atoms with Crippen molar-refractivity contribution in [3.63, 3.8) is 0 Å². The molecule has 0 amide bonds. The van der Waals surface area contributed by atoms with Crippen LogP contribution in [0.3, 0.4) is 0 Å². The molecule has 2 aliphatic heterocycles. The fourth-order valence-corrected chi connectivity index (χ4v) is 4.64. The van der Waals surface area contributed by atoms with E-state index in [1.807, 2.05) is 29.8 Å². The molecule has 2 aliphatic rings. The van der Waals surface area contributed by atoms with Crippen LogP contribution in [0.25, 0.3) is 16.8 Å². The number of anilines is 1. The molecular weight excluding hydrogens is 515 g/mol. The van der Waals surface area contributed by atoms with Crippen LogP contribution in [0, 0.1) is 6.92 Å². The highest BCUT2D eigenvalue weighted by Crippen LogP contribution is 2.39. The van der Waals surface area contributed by atoms with Crippen LogP contribution in [0.2, 0.25) is 0 Å². The highest BCUT2D eigenvalue weighted by Gasteiger charge is 2.38. The number of fused-ring (bicyclic) bond motifs is 3. The number of hydrogen-bond donors (Lipinski definition) is 4. The summed E-state index contributed by atoms with van der Waals surface area (Å²) < 4.78 is 39.4. The van der Waals surface area contributed by atoms with Crippen LogP contribution < -0.4 is 15.4 Å². The van der Waals surface area contributed by atoms with Gasteiger partial charge in [-0.25, -0.2) is 9.48 Å². The van der Waals surface area contributed by atoms with Crippen molar-refractivity contribution >= 4 is 17.2 Å². The molecular formula is C27H30F3N5O4. The Kier molecular flexibility index (Phi) is 8.87. The Morgan fingerprint density at radius 3 is 2.74 bits per heavy atom. The van der Waals surface area contributed by atoms with Crippen molar-refractivity contribution in [3.8, 4) is 17.0 Å². The summed E-state index contributed by atoms with van der Waals surface area (Å²) >= 11 is 0. The summed E-state index contributed by atoms with van der Waals surface area (Å²) in [6.45, 7) is 5.05. The standard InChI is InChI=1S/C25H29N5O2.C2HF3O2/c1-17-25-22-6-5-19(18-7-10-26-11-8-18)15-23(22)24(9-12-30(25)29-28-17)27-20-3-2-4-21(16-20)32-14-13-31;3-2(4,5)1(6)7/h2-7,15-16,24,26-27,31H,8-14H2,1H3;(H,6,7). The van der Waals surface area contributed by atoms with E-state index in [0.29, 0.717) is 0 Å². The predicted octanol–water partition coefficient (Wildman–Crippen LogP) is 4.19. The molecule has 0 saturated carbocycles. The van der Waals surface area contributed by atoms with Crippen molar-refractivity contribution in [2.24, 2.45) is 0 Å². The van der Waals surface area contributed by atoms with E-state index in [9.17, 15) is 13.2 Å². The third-order valence-corrected chi connectivity index (χ3v) is 6.43. The first-order valence-electron chi connectivity index (χ1n) is 12.5. The van der Waals surface area contributed by atoms with Crippen molar-refractivity contribution in [1.29, 1.82) is 0 Å². The van der Waals surface area contributed by atoms with E-state index in [-0.39, 0.29) is 19.3 Å². The first-order valence-corrected chi connectivity index (χ1v) is 12.5. The minimum atomic E-state index is -5.08. The predicted molar refractivity (Wildman–Crippen MR) is 139 cm³/mol. The van der Waals surface area contributed by atoms with Gasteiger partial charge in [0.05, 0.1) is 24.0 Å². The number of hydrogen-bond acceptors (Lipinski definition) is 7. The summed E-state index contributed by atoms with van der Waals surface area (Å²) in [7, 11) is 0. The minimum absolute atomic E-state index is 0.000650. The Hall–Kier alpha value is -3.90. The third kappa shape index (κ3) is 6.95. The van der Waals surface area contributed by atoms with Gasteiger partial charge < -0.3 is 25.6 Å². The van der Waals surface area contributed by atoms with Crippen LogP contribution in [0.1, 0.15) is 35.7 Å². The van der Waals surface area contributed by atoms with E-state index in [0.717, 1.165) is 55.3 Å². The molecule has 1 atom stereocenters. The summed E-state index contributed by atoms with van der Waals surface area (Å²) in [6, 6.07) is 14.9. The van der Waals surface area contributed by atoms with E-state index in [1.165, 1.54) is 22.3 Å². The van der Waals surface area contributed by atoms with Gasteiger partial charge in [0, 0.05) is 30.4 Å². The van der Waals surface area contributed by atoms with Crippen LogP contribution in [-0.4, -0.2) is 63.7 Å². The highest BCUT2D eigenvalue weighted by atomic mass is 19.4. The molecule has 39 heavy (non-hydrogen) atoms. The third-order valence-electron chi connectivity index (χ3n) is 6.43. The minimum Gasteiger partial charge on any atom is -0.491 e. The van der Waals surface area contributed by atoms with Crippen LogP contribution in [0.15, 0.2) is 48.5 Å². The molecule has 0 radical (unpaired) electrons. The smallest absolute Gasteiger partial charge is 0.490 e. The number of carboxylic acid groups (broad SMARTS) is 1. The van der Waals surface area contributed by atoms with Gasteiger partial charge in [-0.3, -0.25) is 0 Å². The Bertz CT molecular complexity index is 1340. The Labute approximate surface area is 223 Å². The fraction of sp³-hybridized carbons (Fsp3) is 0.370. The van der Waals surface area contributed by atoms with Gasteiger partial charge >= 0.3 is 12.1 Å². The second kappa shape index (κ2) is 12.3. The summed E-state index contributed by atoms with van der Waals surface area (Å²) in [6.07, 6.45) is -0.850. The van der Waals surface area contributed by atoms with Crippen molar-refractivity contribution in [2.45, 2.75) is 38.5 Å². The number of halogens is 3. The number of alkyl halides is 3. The number of aliphatic carboxylic acids is 1. The van der Waals surface area contributed by atoms with Crippen LogP contribution in [0.4, 0.5) is 18.9 Å². The van der Waals surface area contributed by atoms with E-state index in [1.54, 1.807) is 0 Å². The van der Waals surface area contributed by atoms with Gasteiger partial charge in [0.1, 0.15) is 12.4 Å². The van der Waals surface area contributed by atoms with Crippen molar-refractivity contribution in [2.75, 3.05) is 31.6 Å². The molecule has 1 unspecified atom stereocenters. The van der Waals surface area contributed by atoms with E-state index in [4.69, 9.17) is 19.7 Å². The molecule has 0 spiro atoms. The molecule has 0 fully saturated rings. The van der Waals surface area contributed by atoms with Crippen molar-refractivity contribution in [1.82, 2.24) is 20.3 Å². The monoisotopic (exact) mass is 545 g/mol. The lowest BCUT2D eigenvalue weighted by Gasteiger charge is -2.23. The van der Waals surface area contributed by atoms with Crippen molar-refractivity contribution < 1.29 is 32.9 Å². The van der Waals surface area contributed by atoms with E-state index in [2.05, 4.69) is 51.3 Å². The maximum atomic E-state index is 10.6. The fourth-order valence-electron chi connectivity index (χ4n) is 4.64. The number of nitrogens with zero attached hydrogens (tertiary/aromatic N) is 3. The van der Waals surface area contributed by atoms with Gasteiger partial charge in [0.25, 0.3) is 0 Å². The average molecular weight is 546 g/mol. The summed E-state index contributed by atoms with van der Waals surface area (Å²) in [5.74, 6) is -2.01. The number of aromatic nitrogens is 3. The molecule has 0 aliphatic carbocycles. The molecule has 0 bridgehead atoms. The van der Waals surface area contributed by atoms with Crippen LogP contribution >= 0.6 is 0 Å². The van der Waals surface area contributed by atoms with Gasteiger partial charge in [-0.05, 0) is 61.2 Å². The van der Waals surface area contributed by atoms with Gasteiger partial charge in [-0.2, -0.15) is 13.2 Å². The highest BCUT2D eigenvalue weighted by molar-refractivity contribution is 5.75. The number of aryl methyl sites for hydroxylation is 2. The number of carboxylic acids is 1. The van der Waals surface area contributed by atoms with Gasteiger partial charge in [-0.15, -0.1) is 5.10 Å². The number of aliphatic hydroxyl groups excluding tert-OH is 1. The summed E-state index contributed by atoms with van der Waals surface area (Å²) in [5.41, 5.74) is 8.21. The molecule has 9 nitrogen and oxygen atoms in total. The maximum Gasteiger partial charge on any atom is 0.490 e.